The number of hydrogen-bond acceptors (Lipinski definition) is 5. The summed E-state index contributed by atoms with van der Waals surface area (Å²) in [6, 6.07) is 23.1. The lowest BCUT2D eigenvalue weighted by atomic mass is 9.96. The first-order valence-electron chi connectivity index (χ1n) is 9.31. The Kier molecular flexibility index (Phi) is 5.20. The Morgan fingerprint density at radius 1 is 0.862 bits per heavy atom. The van der Waals surface area contributed by atoms with Crippen LogP contribution < -0.4 is 14.8 Å². The largest absolute Gasteiger partial charge is 0.505 e. The van der Waals surface area contributed by atoms with Gasteiger partial charge in [0.2, 0.25) is 0 Å². The van der Waals surface area contributed by atoms with E-state index < -0.39 is 0 Å². The fourth-order valence-electron chi connectivity index (χ4n) is 3.46. The van der Waals surface area contributed by atoms with E-state index in [0.29, 0.717) is 17.0 Å². The molecule has 0 radical (unpaired) electrons. The maximum atomic E-state index is 11.0. The topological polar surface area (TPSA) is 63.6 Å². The molecule has 0 amide bonds. The number of phenols is 1. The predicted molar refractivity (Wildman–Crippen MR) is 115 cm³/mol. The van der Waals surface area contributed by atoms with Crippen molar-refractivity contribution in [3.8, 4) is 17.2 Å². The minimum absolute atomic E-state index is 0.171. The second-order valence-corrected chi connectivity index (χ2v) is 6.64. The Hall–Kier alpha value is -3.73. The molecule has 146 valence electrons. The van der Waals surface area contributed by atoms with E-state index in [1.54, 1.807) is 20.4 Å². The number of benzene rings is 3. The first kappa shape index (κ1) is 18.6. The molecular formula is C24H22N2O3. The Labute approximate surface area is 169 Å². The molecule has 5 nitrogen and oxygen atoms in total. The second kappa shape index (κ2) is 8.10. The molecule has 0 aliphatic rings. The van der Waals surface area contributed by atoms with Crippen molar-refractivity contribution in [2.75, 3.05) is 19.5 Å². The van der Waals surface area contributed by atoms with Crippen molar-refractivity contribution >= 4 is 16.6 Å². The Balaban J connectivity index is 1.81. The summed E-state index contributed by atoms with van der Waals surface area (Å²) in [7, 11) is 3.22. The van der Waals surface area contributed by atoms with Gasteiger partial charge >= 0.3 is 0 Å². The average Bonchev–Trinajstić information content (AvgIpc) is 2.78. The lowest BCUT2D eigenvalue weighted by molar-refractivity contribution is 0.355. The summed E-state index contributed by atoms with van der Waals surface area (Å²) in [4.78, 5) is 4.36. The lowest BCUT2D eigenvalue weighted by Gasteiger charge is -2.23. The highest BCUT2D eigenvalue weighted by molar-refractivity contribution is 5.86. The number of ether oxygens (including phenoxy) is 2. The minimum Gasteiger partial charge on any atom is -0.505 e. The third-order valence-corrected chi connectivity index (χ3v) is 4.92. The van der Waals surface area contributed by atoms with Crippen LogP contribution in [0.5, 0.6) is 17.2 Å². The van der Waals surface area contributed by atoms with E-state index in [0.717, 1.165) is 22.2 Å². The average molecular weight is 386 g/mol. The summed E-state index contributed by atoms with van der Waals surface area (Å²) in [6.07, 6.45) is 1.69. The highest BCUT2D eigenvalue weighted by Gasteiger charge is 2.20. The third-order valence-electron chi connectivity index (χ3n) is 4.92. The number of anilines is 1. The summed E-state index contributed by atoms with van der Waals surface area (Å²) in [5.41, 5.74) is 3.20. The zero-order chi connectivity index (χ0) is 20.2. The van der Waals surface area contributed by atoms with Crippen LogP contribution in [0.3, 0.4) is 0 Å². The number of rotatable bonds is 6. The van der Waals surface area contributed by atoms with E-state index in [1.165, 1.54) is 0 Å². The van der Waals surface area contributed by atoms with Gasteiger partial charge in [0.05, 0.1) is 20.3 Å². The van der Waals surface area contributed by atoms with E-state index >= 15 is 0 Å². The number of aromatic nitrogens is 1. The van der Waals surface area contributed by atoms with Crippen molar-refractivity contribution < 1.29 is 14.6 Å². The Bertz CT molecular complexity index is 1130. The molecule has 1 heterocycles. The molecule has 4 aromatic rings. The van der Waals surface area contributed by atoms with Crippen LogP contribution in [-0.2, 0) is 0 Å². The van der Waals surface area contributed by atoms with Crippen LogP contribution in [0.25, 0.3) is 10.9 Å². The summed E-state index contributed by atoms with van der Waals surface area (Å²) >= 11 is 0. The maximum Gasteiger partial charge on any atom is 0.162 e. The number of nitrogens with one attached hydrogen (secondary N) is 1. The number of methoxy groups -OCH3 is 2. The molecule has 0 saturated heterocycles. The molecule has 0 aliphatic carbocycles. The zero-order valence-corrected chi connectivity index (χ0v) is 16.3. The molecular weight excluding hydrogens is 364 g/mol. The van der Waals surface area contributed by atoms with Crippen molar-refractivity contribution in [3.63, 3.8) is 0 Å². The quantitative estimate of drug-likeness (QED) is 0.479. The molecule has 0 bridgehead atoms. The molecule has 1 unspecified atom stereocenters. The van der Waals surface area contributed by atoms with Crippen molar-refractivity contribution in [2.45, 2.75) is 6.04 Å². The van der Waals surface area contributed by atoms with Crippen LogP contribution in [0, 0.1) is 0 Å². The highest BCUT2D eigenvalue weighted by atomic mass is 16.5. The number of aromatic hydroxyl groups is 1. The van der Waals surface area contributed by atoms with Crippen LogP contribution in [0.1, 0.15) is 17.2 Å². The molecule has 2 N–H and O–H groups in total. The minimum atomic E-state index is -0.277. The highest BCUT2D eigenvalue weighted by Crippen LogP contribution is 2.38. The summed E-state index contributed by atoms with van der Waals surface area (Å²) < 4.78 is 10.8. The van der Waals surface area contributed by atoms with Crippen LogP contribution >= 0.6 is 0 Å². The molecule has 0 aliphatic heterocycles. The van der Waals surface area contributed by atoms with Crippen molar-refractivity contribution in [3.05, 3.63) is 90.1 Å². The van der Waals surface area contributed by atoms with Crippen LogP contribution in [0.4, 0.5) is 5.69 Å². The van der Waals surface area contributed by atoms with E-state index in [9.17, 15) is 5.11 Å². The van der Waals surface area contributed by atoms with Crippen LogP contribution in [0.15, 0.2) is 79.0 Å². The van der Waals surface area contributed by atoms with Gasteiger partial charge in [0.1, 0.15) is 11.3 Å². The fourth-order valence-corrected chi connectivity index (χ4v) is 3.46. The second-order valence-electron chi connectivity index (χ2n) is 6.64. The molecule has 0 saturated carbocycles. The summed E-state index contributed by atoms with van der Waals surface area (Å²) in [5, 5.41) is 15.4. The Morgan fingerprint density at radius 2 is 1.66 bits per heavy atom. The molecule has 5 heteroatoms. The molecule has 1 atom stereocenters. The van der Waals surface area contributed by atoms with Crippen molar-refractivity contribution in [1.82, 2.24) is 4.98 Å². The lowest BCUT2D eigenvalue weighted by Crippen LogP contribution is -2.13. The van der Waals surface area contributed by atoms with E-state index in [1.807, 2.05) is 72.8 Å². The van der Waals surface area contributed by atoms with E-state index in [-0.39, 0.29) is 11.8 Å². The normalized spacial score (nSPS) is 11.8. The number of nitrogens with zero attached hydrogens (tertiary/aromatic N) is 1. The number of pyridine rings is 1. The van der Waals surface area contributed by atoms with Gasteiger partial charge in [-0.25, -0.2) is 0 Å². The van der Waals surface area contributed by atoms with Crippen molar-refractivity contribution in [2.24, 2.45) is 0 Å². The molecule has 4 rings (SSSR count). The van der Waals surface area contributed by atoms with Crippen LogP contribution in [-0.4, -0.2) is 24.3 Å². The van der Waals surface area contributed by atoms with E-state index in [2.05, 4.69) is 10.3 Å². The van der Waals surface area contributed by atoms with Gasteiger partial charge in [0, 0.05) is 28.9 Å². The van der Waals surface area contributed by atoms with E-state index in [4.69, 9.17) is 9.47 Å². The smallest absolute Gasteiger partial charge is 0.162 e. The summed E-state index contributed by atoms with van der Waals surface area (Å²) in [5.74, 6) is 1.46. The van der Waals surface area contributed by atoms with Gasteiger partial charge in [-0.05, 0) is 23.8 Å². The number of fused-ring (bicyclic) bond motifs is 1. The van der Waals surface area contributed by atoms with Crippen LogP contribution in [0.2, 0.25) is 0 Å². The number of hydrogen-bond donors (Lipinski definition) is 2. The molecule has 1 aromatic heterocycles. The molecule has 0 fully saturated rings. The molecule has 0 spiro atoms. The predicted octanol–water partition coefficient (Wildman–Crippen LogP) is 5.16. The molecule has 29 heavy (non-hydrogen) atoms. The maximum absolute atomic E-state index is 11.0. The Morgan fingerprint density at radius 3 is 2.41 bits per heavy atom. The van der Waals surface area contributed by atoms with Crippen molar-refractivity contribution in [1.29, 1.82) is 0 Å². The molecule has 3 aromatic carbocycles. The van der Waals surface area contributed by atoms with Gasteiger partial charge in [-0.15, -0.1) is 0 Å². The SMILES string of the molecule is COc1ccc(NC(c2ccccc2)c2ccc3cccnc3c2O)cc1OC. The summed E-state index contributed by atoms with van der Waals surface area (Å²) in [6.45, 7) is 0. The fraction of sp³-hybridized carbons (Fsp3) is 0.125. The third kappa shape index (κ3) is 3.67. The monoisotopic (exact) mass is 386 g/mol. The van der Waals surface area contributed by atoms with Gasteiger partial charge in [-0.2, -0.15) is 0 Å². The van der Waals surface area contributed by atoms with Gasteiger partial charge in [0.25, 0.3) is 0 Å². The van der Waals surface area contributed by atoms with Gasteiger partial charge in [-0.3, -0.25) is 4.98 Å². The first-order chi connectivity index (χ1) is 14.2. The van der Waals surface area contributed by atoms with Gasteiger partial charge in [0.15, 0.2) is 11.5 Å². The zero-order valence-electron chi connectivity index (χ0n) is 16.3. The van der Waals surface area contributed by atoms with Gasteiger partial charge < -0.3 is 19.9 Å². The first-order valence-corrected chi connectivity index (χ1v) is 9.31. The standard InChI is InChI=1S/C24H22N2O3/c1-28-20-13-11-18(15-21(20)29-2)26-22(16-7-4-3-5-8-16)19-12-10-17-9-6-14-25-23(17)24(19)27/h3-15,22,26-27H,1-2H3. The number of phenolic OH excluding ortho intramolecular Hbond substituents is 1. The van der Waals surface area contributed by atoms with Gasteiger partial charge in [-0.1, -0.05) is 48.5 Å².